The lowest BCUT2D eigenvalue weighted by Crippen LogP contribution is -2.30. The number of carbonyl (C=O) groups is 1. The SMILES string of the molecule is CC(N)C(=O)Oc1coc2ccccc12. The minimum absolute atomic E-state index is 0.410. The van der Waals surface area contributed by atoms with Crippen LogP contribution >= 0.6 is 0 Å². The third-order valence-electron chi connectivity index (χ3n) is 2.03. The lowest BCUT2D eigenvalue weighted by atomic mass is 10.2. The normalized spacial score (nSPS) is 12.7. The maximum absolute atomic E-state index is 11.3. The zero-order chi connectivity index (χ0) is 10.8. The second kappa shape index (κ2) is 3.74. The van der Waals surface area contributed by atoms with Crippen LogP contribution in [0.4, 0.5) is 0 Å². The first-order chi connectivity index (χ1) is 7.18. The molecule has 2 N–H and O–H groups in total. The predicted octanol–water partition coefficient (Wildman–Crippen LogP) is 1.69. The number of fused-ring (bicyclic) bond motifs is 1. The van der Waals surface area contributed by atoms with Crippen LogP contribution < -0.4 is 10.5 Å². The molecule has 4 heteroatoms. The Labute approximate surface area is 86.6 Å². The van der Waals surface area contributed by atoms with Gasteiger partial charge >= 0.3 is 5.97 Å². The molecule has 0 spiro atoms. The average molecular weight is 205 g/mol. The molecule has 0 aliphatic carbocycles. The molecule has 78 valence electrons. The van der Waals surface area contributed by atoms with Crippen molar-refractivity contribution in [1.82, 2.24) is 0 Å². The summed E-state index contributed by atoms with van der Waals surface area (Å²) in [7, 11) is 0. The van der Waals surface area contributed by atoms with E-state index in [0.717, 1.165) is 5.39 Å². The van der Waals surface area contributed by atoms with Crippen LogP contribution in [0.15, 0.2) is 34.9 Å². The number of para-hydroxylation sites is 1. The number of hydrogen-bond acceptors (Lipinski definition) is 4. The van der Waals surface area contributed by atoms with E-state index in [1.54, 1.807) is 13.0 Å². The second-order valence-corrected chi connectivity index (χ2v) is 3.31. The predicted molar refractivity (Wildman–Crippen MR) is 55.5 cm³/mol. The average Bonchev–Trinajstić information content (AvgIpc) is 2.62. The molecular weight excluding hydrogens is 194 g/mol. The van der Waals surface area contributed by atoms with Crippen molar-refractivity contribution in [3.05, 3.63) is 30.5 Å². The quantitative estimate of drug-likeness (QED) is 0.757. The summed E-state index contributed by atoms with van der Waals surface area (Å²) < 4.78 is 10.3. The summed E-state index contributed by atoms with van der Waals surface area (Å²) in [6, 6.07) is 6.68. The van der Waals surface area contributed by atoms with Gasteiger partial charge in [0.2, 0.25) is 0 Å². The topological polar surface area (TPSA) is 65.5 Å². The number of nitrogens with two attached hydrogens (primary N) is 1. The van der Waals surface area contributed by atoms with Crippen molar-refractivity contribution in [1.29, 1.82) is 0 Å². The molecule has 0 amide bonds. The lowest BCUT2D eigenvalue weighted by Gasteiger charge is -2.03. The Bertz CT molecular complexity index is 487. The Morgan fingerprint density at radius 2 is 2.20 bits per heavy atom. The lowest BCUT2D eigenvalue weighted by molar-refractivity contribution is -0.135. The molecule has 1 atom stereocenters. The van der Waals surface area contributed by atoms with Gasteiger partial charge in [-0.05, 0) is 19.1 Å². The van der Waals surface area contributed by atoms with E-state index >= 15 is 0 Å². The molecule has 0 aliphatic rings. The van der Waals surface area contributed by atoms with Crippen molar-refractivity contribution in [3.63, 3.8) is 0 Å². The summed E-state index contributed by atoms with van der Waals surface area (Å²) in [5, 5.41) is 0.770. The van der Waals surface area contributed by atoms with Crippen LogP contribution in [-0.4, -0.2) is 12.0 Å². The minimum Gasteiger partial charge on any atom is -0.460 e. The Hall–Kier alpha value is -1.81. The summed E-state index contributed by atoms with van der Waals surface area (Å²) >= 11 is 0. The molecule has 1 aromatic heterocycles. The zero-order valence-corrected chi connectivity index (χ0v) is 8.27. The van der Waals surface area contributed by atoms with Crippen LogP contribution in [-0.2, 0) is 4.79 Å². The molecule has 0 bridgehead atoms. The van der Waals surface area contributed by atoms with Gasteiger partial charge in [-0.25, -0.2) is 4.79 Å². The second-order valence-electron chi connectivity index (χ2n) is 3.31. The molecule has 0 saturated carbocycles. The summed E-state index contributed by atoms with van der Waals surface area (Å²) in [6.45, 7) is 1.57. The van der Waals surface area contributed by atoms with Gasteiger partial charge in [-0.2, -0.15) is 0 Å². The Kier molecular flexibility index (Phi) is 2.43. The highest BCUT2D eigenvalue weighted by molar-refractivity contribution is 5.87. The molecule has 0 radical (unpaired) electrons. The first kappa shape index (κ1) is 9.73. The number of esters is 1. The standard InChI is InChI=1S/C11H11NO3/c1-7(12)11(13)15-10-6-14-9-5-3-2-4-8(9)10/h2-7H,12H2,1H3. The minimum atomic E-state index is -0.640. The van der Waals surface area contributed by atoms with Crippen LogP contribution in [0.1, 0.15) is 6.92 Å². The first-order valence-electron chi connectivity index (χ1n) is 4.62. The van der Waals surface area contributed by atoms with Crippen molar-refractivity contribution < 1.29 is 13.9 Å². The fourth-order valence-electron chi connectivity index (χ4n) is 1.23. The van der Waals surface area contributed by atoms with Gasteiger partial charge in [0.15, 0.2) is 5.75 Å². The molecule has 1 aromatic carbocycles. The monoisotopic (exact) mass is 205 g/mol. The molecule has 1 heterocycles. The Morgan fingerprint density at radius 1 is 1.47 bits per heavy atom. The Balaban J connectivity index is 2.33. The van der Waals surface area contributed by atoms with Crippen molar-refractivity contribution in [2.45, 2.75) is 13.0 Å². The highest BCUT2D eigenvalue weighted by atomic mass is 16.5. The number of hydrogen-bond donors (Lipinski definition) is 1. The van der Waals surface area contributed by atoms with Gasteiger partial charge in [-0.3, -0.25) is 0 Å². The molecular formula is C11H11NO3. The molecule has 2 rings (SSSR count). The van der Waals surface area contributed by atoms with Gasteiger partial charge in [0.25, 0.3) is 0 Å². The molecule has 2 aromatic rings. The summed E-state index contributed by atoms with van der Waals surface area (Å²) in [5.41, 5.74) is 6.08. The largest absolute Gasteiger partial charge is 0.460 e. The van der Waals surface area contributed by atoms with E-state index in [9.17, 15) is 4.79 Å². The highest BCUT2D eigenvalue weighted by Gasteiger charge is 2.13. The number of ether oxygens (including phenoxy) is 1. The summed E-state index contributed by atoms with van der Waals surface area (Å²) in [6.07, 6.45) is 1.41. The van der Waals surface area contributed by atoms with E-state index in [0.29, 0.717) is 11.3 Å². The van der Waals surface area contributed by atoms with Gasteiger partial charge in [0.05, 0.1) is 5.39 Å². The molecule has 0 fully saturated rings. The van der Waals surface area contributed by atoms with Gasteiger partial charge < -0.3 is 14.9 Å². The molecule has 15 heavy (non-hydrogen) atoms. The van der Waals surface area contributed by atoms with Crippen molar-refractivity contribution in [3.8, 4) is 5.75 Å². The van der Waals surface area contributed by atoms with Gasteiger partial charge in [-0.15, -0.1) is 0 Å². The van der Waals surface area contributed by atoms with E-state index in [1.165, 1.54) is 6.26 Å². The first-order valence-corrected chi connectivity index (χ1v) is 4.62. The van der Waals surface area contributed by atoms with E-state index in [-0.39, 0.29) is 0 Å². The van der Waals surface area contributed by atoms with E-state index in [1.807, 2.05) is 18.2 Å². The number of furan rings is 1. The number of benzene rings is 1. The number of carbonyl (C=O) groups excluding carboxylic acids is 1. The van der Waals surface area contributed by atoms with Gasteiger partial charge in [-0.1, -0.05) is 12.1 Å². The third kappa shape index (κ3) is 1.85. The number of rotatable bonds is 2. The van der Waals surface area contributed by atoms with Crippen molar-refractivity contribution in [2.75, 3.05) is 0 Å². The van der Waals surface area contributed by atoms with Crippen molar-refractivity contribution >= 4 is 16.9 Å². The van der Waals surface area contributed by atoms with Crippen LogP contribution in [0.5, 0.6) is 5.75 Å². The smallest absolute Gasteiger partial charge is 0.328 e. The van der Waals surface area contributed by atoms with Crippen LogP contribution in [0.3, 0.4) is 0 Å². The van der Waals surface area contributed by atoms with E-state index < -0.39 is 12.0 Å². The fourth-order valence-corrected chi connectivity index (χ4v) is 1.23. The van der Waals surface area contributed by atoms with Gasteiger partial charge in [0.1, 0.15) is 17.9 Å². The van der Waals surface area contributed by atoms with Crippen LogP contribution in [0, 0.1) is 0 Å². The van der Waals surface area contributed by atoms with Gasteiger partial charge in [0, 0.05) is 0 Å². The van der Waals surface area contributed by atoms with Crippen molar-refractivity contribution in [2.24, 2.45) is 5.73 Å². The highest BCUT2D eigenvalue weighted by Crippen LogP contribution is 2.27. The zero-order valence-electron chi connectivity index (χ0n) is 8.27. The third-order valence-corrected chi connectivity index (χ3v) is 2.03. The molecule has 4 nitrogen and oxygen atoms in total. The molecule has 0 aliphatic heterocycles. The maximum atomic E-state index is 11.3. The van der Waals surface area contributed by atoms with Crippen LogP contribution in [0.2, 0.25) is 0 Å². The molecule has 0 saturated heterocycles. The van der Waals surface area contributed by atoms with Crippen LogP contribution in [0.25, 0.3) is 11.0 Å². The maximum Gasteiger partial charge on any atom is 0.328 e. The summed E-state index contributed by atoms with van der Waals surface area (Å²) in [5.74, 6) is -0.0607. The fraction of sp³-hybridized carbons (Fsp3) is 0.182. The Morgan fingerprint density at radius 3 is 2.93 bits per heavy atom. The summed E-state index contributed by atoms with van der Waals surface area (Å²) in [4.78, 5) is 11.3. The van der Waals surface area contributed by atoms with E-state index in [2.05, 4.69) is 0 Å². The molecule has 1 unspecified atom stereocenters. The van der Waals surface area contributed by atoms with E-state index in [4.69, 9.17) is 14.9 Å².